The van der Waals surface area contributed by atoms with Crippen LogP contribution in [0.5, 0.6) is 0 Å². The van der Waals surface area contributed by atoms with Crippen molar-refractivity contribution in [3.8, 4) is 0 Å². The Hall–Kier alpha value is 0.777. The van der Waals surface area contributed by atoms with E-state index in [0.717, 1.165) is 12.8 Å². The van der Waals surface area contributed by atoms with Crippen molar-refractivity contribution in [3.05, 3.63) is 45.6 Å². The summed E-state index contributed by atoms with van der Waals surface area (Å²) in [6.07, 6.45) is 25.2. The second kappa shape index (κ2) is 16.7. The zero-order chi connectivity index (χ0) is 29.3. The predicted molar refractivity (Wildman–Crippen MR) is 176 cm³/mol. The molecule has 0 N–H and O–H groups in total. The van der Waals surface area contributed by atoms with Crippen molar-refractivity contribution in [3.63, 3.8) is 0 Å². The van der Waals surface area contributed by atoms with Crippen LogP contribution in [-0.4, -0.2) is 28.8 Å². The molecule has 0 saturated heterocycles. The van der Waals surface area contributed by atoms with Crippen LogP contribution in [-0.2, 0) is 35.1 Å². The molecule has 0 aromatic heterocycles. The predicted octanol–water partition coefficient (Wildman–Crippen LogP) is 5.34. The first-order valence-electron chi connectivity index (χ1n) is 16.8. The Kier molecular flexibility index (Phi) is 16.3. The van der Waals surface area contributed by atoms with Crippen LogP contribution in [0.2, 0.25) is 36.3 Å². The Morgan fingerprint density at radius 3 is 1.28 bits per heavy atom. The summed E-state index contributed by atoms with van der Waals surface area (Å²) in [7, 11) is -3.79. The average Bonchev–Trinajstić information content (AvgIpc) is 3.40. The molecule has 0 aromatic rings. The van der Waals surface area contributed by atoms with Gasteiger partial charge in [-0.2, -0.15) is 11.1 Å². The largest absolute Gasteiger partial charge is 4.00 e. The van der Waals surface area contributed by atoms with E-state index in [1.54, 1.807) is 22.3 Å². The Balaban J connectivity index is 0.00000308. The van der Waals surface area contributed by atoms with E-state index in [-0.39, 0.29) is 73.3 Å². The molecular formula is C36H60Cl2O2Si2Zr. The summed E-state index contributed by atoms with van der Waals surface area (Å²) >= 11 is 0. The maximum atomic E-state index is 7.10. The van der Waals surface area contributed by atoms with Crippen LogP contribution in [0.25, 0.3) is 0 Å². The topological polar surface area (TPSA) is 18.5 Å². The van der Waals surface area contributed by atoms with E-state index in [1.807, 2.05) is 0 Å². The van der Waals surface area contributed by atoms with Gasteiger partial charge in [-0.25, -0.2) is 23.3 Å². The molecule has 0 saturated carbocycles. The minimum Gasteiger partial charge on any atom is -1.00 e. The summed E-state index contributed by atoms with van der Waals surface area (Å²) in [5.41, 5.74) is 9.29. The van der Waals surface area contributed by atoms with Crippen molar-refractivity contribution in [1.82, 2.24) is 0 Å². The molecule has 2 atom stereocenters. The Morgan fingerprint density at radius 2 is 0.953 bits per heavy atom. The molecule has 0 radical (unpaired) electrons. The SMILES string of the molecule is CCCC(C)(C)[Si](C)(C)O[C@H]1[C-]=C(CCC2=[C-][C@@H](O[Si](C)(C)C(C)(C)CCC)C3=C2CCCC3)C2=C1CCCC2.[Cl-].[Cl-].[Zr+4]. The maximum absolute atomic E-state index is 7.10. The van der Waals surface area contributed by atoms with E-state index >= 15 is 0 Å². The standard InChI is InChI=1S/C36H60O2Si2.2ClH.Zr/c1-11-23-35(3,4)39(7,8)37-33-25-27(29-17-13-15-19-31(29)33)21-22-28-26-34(32-20-16-14-18-30(28)32)38-40(9,10)36(5,6)24-12-2;;;/h33-34H,11-24H2,1-10H3;2*1H;/q-2;;;+4/p-2/t33-,34+;;;. The third-order valence-electron chi connectivity index (χ3n) is 11.5. The fourth-order valence-electron chi connectivity index (χ4n) is 7.45. The van der Waals surface area contributed by atoms with Crippen LogP contribution in [0.1, 0.15) is 131 Å². The molecule has 0 aromatic carbocycles. The van der Waals surface area contributed by atoms with Crippen molar-refractivity contribution >= 4 is 16.6 Å². The van der Waals surface area contributed by atoms with Gasteiger partial charge in [0.05, 0.1) is 0 Å². The number of rotatable bonds is 13. The minimum absolute atomic E-state index is 0. The van der Waals surface area contributed by atoms with E-state index in [2.05, 4.69) is 79.9 Å². The second-order valence-corrected chi connectivity index (χ2v) is 24.7. The van der Waals surface area contributed by atoms with Gasteiger partial charge < -0.3 is 33.7 Å². The summed E-state index contributed by atoms with van der Waals surface area (Å²) in [4.78, 5) is 0. The van der Waals surface area contributed by atoms with Crippen LogP contribution in [0, 0.1) is 12.2 Å². The number of halogens is 2. The van der Waals surface area contributed by atoms with Gasteiger partial charge in [0.15, 0.2) is 16.6 Å². The first-order chi connectivity index (χ1) is 18.7. The van der Waals surface area contributed by atoms with Gasteiger partial charge in [-0.1, -0.05) is 106 Å². The quantitative estimate of drug-likeness (QED) is 0.188. The van der Waals surface area contributed by atoms with Crippen molar-refractivity contribution in [1.29, 1.82) is 0 Å². The Morgan fingerprint density at radius 1 is 0.628 bits per heavy atom. The molecule has 4 rings (SSSR count). The van der Waals surface area contributed by atoms with Crippen LogP contribution >= 0.6 is 0 Å². The summed E-state index contributed by atoms with van der Waals surface area (Å²) in [5.74, 6) is 0. The van der Waals surface area contributed by atoms with Gasteiger partial charge in [-0.15, -0.1) is 11.1 Å². The first kappa shape index (κ1) is 41.8. The van der Waals surface area contributed by atoms with Crippen LogP contribution in [0.15, 0.2) is 33.4 Å². The smallest absolute Gasteiger partial charge is 1.00 e. The molecule has 0 unspecified atom stereocenters. The molecule has 7 heteroatoms. The second-order valence-electron chi connectivity index (χ2n) is 15.5. The normalized spacial score (nSPS) is 22.7. The van der Waals surface area contributed by atoms with Gasteiger partial charge >= 0.3 is 26.2 Å². The molecule has 242 valence electrons. The molecule has 0 fully saturated rings. The Labute approximate surface area is 300 Å². The van der Waals surface area contributed by atoms with Gasteiger partial charge in [0.25, 0.3) is 0 Å². The average molecular weight is 743 g/mol. The van der Waals surface area contributed by atoms with Crippen LogP contribution in [0.4, 0.5) is 0 Å². The fourth-order valence-corrected chi connectivity index (χ4v) is 11.4. The molecule has 4 aliphatic rings. The molecule has 4 aliphatic carbocycles. The zero-order valence-corrected chi connectivity index (χ0v) is 35.1. The number of hydrogen-bond donors (Lipinski definition) is 0. The summed E-state index contributed by atoms with van der Waals surface area (Å²) in [6, 6.07) is 0. The molecule has 0 aliphatic heterocycles. The van der Waals surface area contributed by atoms with E-state index < -0.39 is 16.6 Å². The van der Waals surface area contributed by atoms with Crippen molar-refractivity contribution in [2.24, 2.45) is 0 Å². The third kappa shape index (κ3) is 9.23. The summed E-state index contributed by atoms with van der Waals surface area (Å²) in [5, 5.41) is 0.541. The summed E-state index contributed by atoms with van der Waals surface area (Å²) < 4.78 is 14.2. The molecule has 0 heterocycles. The van der Waals surface area contributed by atoms with E-state index in [0.29, 0.717) is 0 Å². The first-order valence-corrected chi connectivity index (χ1v) is 22.6. The molecule has 0 spiro atoms. The molecule has 0 amide bonds. The maximum Gasteiger partial charge on any atom is 4.00 e. The molecular weight excluding hydrogens is 683 g/mol. The van der Waals surface area contributed by atoms with Gasteiger partial charge in [-0.3, -0.25) is 0 Å². The van der Waals surface area contributed by atoms with Crippen molar-refractivity contribution < 1.29 is 59.9 Å². The Bertz CT molecular complexity index is 987. The minimum atomic E-state index is -1.90. The molecule has 0 bridgehead atoms. The zero-order valence-electron chi connectivity index (χ0n) is 29.1. The van der Waals surface area contributed by atoms with Gasteiger partial charge in [-0.05, 0) is 74.2 Å². The van der Waals surface area contributed by atoms with Crippen LogP contribution in [0.3, 0.4) is 0 Å². The number of allylic oxidation sites excluding steroid dienone is 4. The fraction of sp³-hybridized carbons (Fsp3) is 0.778. The third-order valence-corrected chi connectivity index (χ3v) is 20.1. The van der Waals surface area contributed by atoms with Gasteiger partial charge in [0, 0.05) is 0 Å². The van der Waals surface area contributed by atoms with Crippen molar-refractivity contribution in [2.75, 3.05) is 0 Å². The molecule has 2 nitrogen and oxygen atoms in total. The monoisotopic (exact) mass is 740 g/mol. The van der Waals surface area contributed by atoms with E-state index in [4.69, 9.17) is 8.85 Å². The van der Waals surface area contributed by atoms with E-state index in [9.17, 15) is 0 Å². The van der Waals surface area contributed by atoms with E-state index in [1.165, 1.54) is 88.2 Å². The number of hydrogen-bond acceptors (Lipinski definition) is 2. The van der Waals surface area contributed by atoms with Crippen LogP contribution < -0.4 is 24.8 Å². The van der Waals surface area contributed by atoms with Gasteiger partial charge in [0.1, 0.15) is 0 Å². The van der Waals surface area contributed by atoms with Crippen molar-refractivity contribution in [2.45, 2.75) is 180 Å². The summed E-state index contributed by atoms with van der Waals surface area (Å²) in [6.45, 7) is 24.1. The molecule has 43 heavy (non-hydrogen) atoms. The van der Waals surface area contributed by atoms with Gasteiger partial charge in [0.2, 0.25) is 0 Å².